The topological polar surface area (TPSA) is 74.7 Å². The number of rotatable bonds is 8. The Morgan fingerprint density at radius 2 is 1.53 bits per heavy atom. The molecule has 5 aromatic carbocycles. The van der Waals surface area contributed by atoms with Gasteiger partial charge in [0.15, 0.2) is 11.6 Å². The van der Waals surface area contributed by atoms with E-state index in [1.807, 2.05) is 6.08 Å². The Morgan fingerprint density at radius 3 is 2.24 bits per heavy atom. The first-order chi connectivity index (χ1) is 26.9. The molecule has 3 aliphatic rings. The van der Waals surface area contributed by atoms with Gasteiger partial charge in [-0.05, 0) is 113 Å². The molecule has 268 valence electrons. The summed E-state index contributed by atoms with van der Waals surface area (Å²) in [5, 5.41) is 9.55. The Hall–Kier alpha value is -6.37. The number of Topliss-reactive ketones (excluding diaryl/α,β-unsaturated/α-hetero) is 2. The third-order valence-electron chi connectivity index (χ3n) is 11.2. The van der Waals surface area contributed by atoms with E-state index in [4.69, 9.17) is 0 Å². The average molecular weight is 736 g/mol. The number of thiophene rings is 1. The Labute approximate surface area is 324 Å². The van der Waals surface area contributed by atoms with Crippen LogP contribution in [0, 0.1) is 6.92 Å². The minimum atomic E-state index is -1.22. The van der Waals surface area contributed by atoms with E-state index in [1.165, 1.54) is 82.7 Å². The number of ketones is 2. The number of fused-ring (bicyclic) bond motifs is 4. The second kappa shape index (κ2) is 14.1. The molecule has 2 aliphatic carbocycles. The van der Waals surface area contributed by atoms with Crippen molar-refractivity contribution in [2.45, 2.75) is 38.1 Å². The number of hydrogen-bond acceptors (Lipinski definition) is 5. The third kappa shape index (κ3) is 6.18. The van der Waals surface area contributed by atoms with Crippen LogP contribution in [0.25, 0.3) is 28.2 Å². The molecule has 0 radical (unpaired) electrons. The lowest BCUT2D eigenvalue weighted by Gasteiger charge is -2.27. The van der Waals surface area contributed by atoms with E-state index < -0.39 is 17.5 Å². The van der Waals surface area contributed by atoms with Gasteiger partial charge in [0.05, 0.1) is 11.1 Å². The molecular formula is C49H37NO4S. The zero-order chi connectivity index (χ0) is 37.6. The molecule has 0 bridgehead atoms. The van der Waals surface area contributed by atoms with Crippen molar-refractivity contribution < 1.29 is 19.5 Å². The van der Waals surface area contributed by atoms with Crippen molar-refractivity contribution in [2.75, 3.05) is 4.90 Å². The number of nitrogens with zero attached hydrogens (tertiary/aromatic N) is 1. The Balaban J connectivity index is 0.975. The molecule has 0 saturated heterocycles. The number of aromatic carboxylic acids is 1. The maximum Gasteiger partial charge on any atom is 0.336 e. The zero-order valence-corrected chi connectivity index (χ0v) is 31.1. The van der Waals surface area contributed by atoms with Crippen molar-refractivity contribution in [3.63, 3.8) is 0 Å². The van der Waals surface area contributed by atoms with E-state index in [9.17, 15) is 19.5 Å². The monoisotopic (exact) mass is 735 g/mol. The molecule has 9 rings (SSSR count). The maximum atomic E-state index is 13.1. The van der Waals surface area contributed by atoms with Gasteiger partial charge in [-0.1, -0.05) is 103 Å². The minimum absolute atomic E-state index is 0.0149. The van der Waals surface area contributed by atoms with Crippen LogP contribution in [-0.2, 0) is 0 Å². The van der Waals surface area contributed by atoms with Gasteiger partial charge in [0, 0.05) is 44.2 Å². The summed E-state index contributed by atoms with van der Waals surface area (Å²) in [6, 6.07) is 44.0. The number of aryl methyl sites for hydroxylation is 1. The number of allylic oxidation sites excluding steroid dienone is 3. The van der Waals surface area contributed by atoms with Crippen molar-refractivity contribution in [1.82, 2.24) is 0 Å². The Kier molecular flexibility index (Phi) is 8.83. The number of carbonyl (C=O) groups excluding carboxylic acids is 2. The third-order valence-corrected chi connectivity index (χ3v) is 12.4. The molecule has 0 spiro atoms. The fourth-order valence-electron chi connectivity index (χ4n) is 8.55. The average Bonchev–Trinajstić information content (AvgIpc) is 3.97. The molecular weight excluding hydrogens is 699 g/mol. The molecule has 1 N–H and O–H groups in total. The summed E-state index contributed by atoms with van der Waals surface area (Å²) >= 11 is 1.68. The number of benzene rings is 5. The fourth-order valence-corrected chi connectivity index (χ4v) is 9.63. The van der Waals surface area contributed by atoms with Crippen molar-refractivity contribution >= 4 is 58.0 Å². The number of carboxylic acids is 1. The van der Waals surface area contributed by atoms with Crippen molar-refractivity contribution in [2.24, 2.45) is 0 Å². The first kappa shape index (κ1) is 34.4. The highest BCUT2D eigenvalue weighted by molar-refractivity contribution is 7.16. The van der Waals surface area contributed by atoms with Gasteiger partial charge in [-0.2, -0.15) is 0 Å². The predicted octanol–water partition coefficient (Wildman–Crippen LogP) is 11.8. The van der Waals surface area contributed by atoms with Crippen molar-refractivity contribution in [3.05, 3.63) is 195 Å². The summed E-state index contributed by atoms with van der Waals surface area (Å²) in [5.41, 5.74) is 10.9. The molecule has 2 atom stereocenters. The number of carboxylic acid groups (broad SMARTS) is 1. The van der Waals surface area contributed by atoms with Crippen LogP contribution < -0.4 is 4.90 Å². The van der Waals surface area contributed by atoms with Gasteiger partial charge < -0.3 is 10.0 Å². The summed E-state index contributed by atoms with van der Waals surface area (Å²) in [4.78, 5) is 42.5. The van der Waals surface area contributed by atoms with Gasteiger partial charge in [-0.25, -0.2) is 4.79 Å². The number of carbonyl (C=O) groups is 3. The SMILES string of the molecule is Cc1cc(-c2ccc3c(c2)C2CCCC2N3c2ccc(C=C(c3ccccc3)c3ccccc3)cc2)sc1/C=C/C=C1/C(=O)c2cccc(C(=O)O)c2C1=O. The second-order valence-electron chi connectivity index (χ2n) is 14.4. The minimum Gasteiger partial charge on any atom is -0.478 e. The highest BCUT2D eigenvalue weighted by Gasteiger charge is 2.42. The van der Waals surface area contributed by atoms with E-state index in [-0.39, 0.29) is 22.3 Å². The van der Waals surface area contributed by atoms with Gasteiger partial charge >= 0.3 is 5.97 Å². The summed E-state index contributed by atoms with van der Waals surface area (Å²) in [5.74, 6) is -1.73. The lowest BCUT2D eigenvalue weighted by atomic mass is 9.95. The molecule has 1 saturated carbocycles. The van der Waals surface area contributed by atoms with Gasteiger partial charge in [0.25, 0.3) is 0 Å². The fraction of sp³-hybridized carbons (Fsp3) is 0.122. The van der Waals surface area contributed by atoms with E-state index in [0.29, 0.717) is 12.0 Å². The van der Waals surface area contributed by atoms with Crippen LogP contribution in [-0.4, -0.2) is 28.7 Å². The lowest BCUT2D eigenvalue weighted by molar-refractivity contribution is 0.0692. The van der Waals surface area contributed by atoms with Gasteiger partial charge in [-0.15, -0.1) is 11.3 Å². The smallest absolute Gasteiger partial charge is 0.336 e. The standard InChI is InChI=1S/C49H37NO4S/c1-30-27-45(55-44(30)20-10-18-39-47(51)37-16-8-17-38(49(53)54)46(37)48(39)52)34-23-26-43-41(29-34)36-15-9-19-42(36)50(43)35-24-21-31(22-25-35)28-40(32-11-4-2-5-12-32)33-13-6-3-7-14-33/h2-8,10-14,16-18,20-29,36,42H,9,15,19H2,1H3,(H,53,54)/b20-10+,39-18-. The Bertz CT molecular complexity index is 2550. The number of anilines is 2. The maximum absolute atomic E-state index is 13.1. The van der Waals surface area contributed by atoms with E-state index in [2.05, 4.69) is 127 Å². The summed E-state index contributed by atoms with van der Waals surface area (Å²) in [7, 11) is 0. The first-order valence-electron chi connectivity index (χ1n) is 18.7. The summed E-state index contributed by atoms with van der Waals surface area (Å²) < 4.78 is 0. The van der Waals surface area contributed by atoms with Crippen LogP contribution in [0.3, 0.4) is 0 Å². The van der Waals surface area contributed by atoms with Crippen LogP contribution in [0.1, 0.15) is 88.9 Å². The Morgan fingerprint density at radius 1 is 0.800 bits per heavy atom. The molecule has 5 nitrogen and oxygen atoms in total. The van der Waals surface area contributed by atoms with E-state index in [0.717, 1.165) is 20.9 Å². The van der Waals surface area contributed by atoms with E-state index in [1.54, 1.807) is 17.4 Å². The molecule has 0 amide bonds. The van der Waals surface area contributed by atoms with Crippen molar-refractivity contribution in [3.8, 4) is 10.4 Å². The largest absolute Gasteiger partial charge is 0.478 e. The number of hydrogen-bond donors (Lipinski definition) is 1. The highest BCUT2D eigenvalue weighted by Crippen LogP contribution is 2.53. The van der Waals surface area contributed by atoms with Crippen LogP contribution in [0.5, 0.6) is 0 Å². The van der Waals surface area contributed by atoms with Gasteiger partial charge in [0.2, 0.25) is 0 Å². The molecule has 6 heteroatoms. The highest BCUT2D eigenvalue weighted by atomic mass is 32.1. The molecule has 1 aliphatic heterocycles. The van der Waals surface area contributed by atoms with E-state index >= 15 is 0 Å². The van der Waals surface area contributed by atoms with Crippen LogP contribution in [0.15, 0.2) is 145 Å². The summed E-state index contributed by atoms with van der Waals surface area (Å²) in [6.45, 7) is 2.07. The van der Waals surface area contributed by atoms with Gasteiger partial charge in [0.1, 0.15) is 0 Å². The molecule has 55 heavy (non-hydrogen) atoms. The molecule has 6 aromatic rings. The molecule has 2 heterocycles. The lowest BCUT2D eigenvalue weighted by Crippen LogP contribution is -2.26. The van der Waals surface area contributed by atoms with Crippen LogP contribution in [0.4, 0.5) is 11.4 Å². The van der Waals surface area contributed by atoms with Crippen molar-refractivity contribution in [1.29, 1.82) is 0 Å². The molecule has 1 aromatic heterocycles. The van der Waals surface area contributed by atoms with Gasteiger partial charge in [-0.3, -0.25) is 9.59 Å². The second-order valence-corrected chi connectivity index (χ2v) is 15.5. The van der Waals surface area contributed by atoms with Crippen LogP contribution in [0.2, 0.25) is 0 Å². The first-order valence-corrected chi connectivity index (χ1v) is 19.5. The predicted molar refractivity (Wildman–Crippen MR) is 222 cm³/mol. The molecule has 2 unspecified atom stereocenters. The summed E-state index contributed by atoms with van der Waals surface area (Å²) in [6.07, 6.45) is 11.0. The normalized spacial score (nSPS) is 17.8. The molecule has 1 fully saturated rings. The quantitative estimate of drug-likeness (QED) is 0.0957. The zero-order valence-electron chi connectivity index (χ0n) is 30.2. The van der Waals surface area contributed by atoms with Crippen LogP contribution >= 0.6 is 11.3 Å².